The first kappa shape index (κ1) is 10.9. The molecule has 6 heteroatoms. The summed E-state index contributed by atoms with van der Waals surface area (Å²) in [7, 11) is 0. The standard InChI is InChI=1S/C10H8ClFN2O2/c11-9(15)14-5-4-13(10(14)16)8-3-1-2-7(12)6-8/h1-3,6H,4-5H2. The van der Waals surface area contributed by atoms with E-state index in [0.717, 1.165) is 4.90 Å². The molecular formula is C10H8ClFN2O2. The molecule has 84 valence electrons. The van der Waals surface area contributed by atoms with Crippen LogP contribution in [0.4, 0.5) is 19.7 Å². The summed E-state index contributed by atoms with van der Waals surface area (Å²) < 4.78 is 13.0. The molecule has 1 aromatic carbocycles. The number of imide groups is 1. The number of carbonyl (C=O) groups is 2. The summed E-state index contributed by atoms with van der Waals surface area (Å²) in [6.07, 6.45) is 0. The number of anilines is 1. The number of amides is 3. The third-order valence-corrected chi connectivity index (χ3v) is 2.55. The number of rotatable bonds is 1. The number of carbonyl (C=O) groups excluding carboxylic acids is 2. The van der Waals surface area contributed by atoms with Crippen LogP contribution < -0.4 is 4.90 Å². The van der Waals surface area contributed by atoms with Gasteiger partial charge in [-0.15, -0.1) is 0 Å². The summed E-state index contributed by atoms with van der Waals surface area (Å²) in [6, 6.07) is 5.10. The molecule has 1 aliphatic rings. The fourth-order valence-corrected chi connectivity index (χ4v) is 1.74. The second kappa shape index (κ2) is 4.09. The Bertz CT molecular complexity index is 452. The van der Waals surface area contributed by atoms with Crippen LogP contribution in [0.2, 0.25) is 0 Å². The molecule has 1 aliphatic heterocycles. The average Bonchev–Trinajstić information content (AvgIpc) is 2.60. The summed E-state index contributed by atoms with van der Waals surface area (Å²) >= 11 is 5.23. The van der Waals surface area contributed by atoms with E-state index >= 15 is 0 Å². The minimum atomic E-state index is -0.816. The van der Waals surface area contributed by atoms with Crippen LogP contribution in [-0.2, 0) is 0 Å². The minimum Gasteiger partial charge on any atom is -0.292 e. The van der Waals surface area contributed by atoms with E-state index in [1.54, 1.807) is 6.07 Å². The molecule has 4 nitrogen and oxygen atoms in total. The molecule has 0 atom stereocenters. The van der Waals surface area contributed by atoms with Crippen LogP contribution in [0.3, 0.4) is 0 Å². The molecule has 0 N–H and O–H groups in total. The molecule has 1 saturated heterocycles. The van der Waals surface area contributed by atoms with Crippen molar-refractivity contribution in [3.05, 3.63) is 30.1 Å². The zero-order valence-corrected chi connectivity index (χ0v) is 8.95. The van der Waals surface area contributed by atoms with Gasteiger partial charge in [-0.25, -0.2) is 14.1 Å². The molecule has 0 spiro atoms. The molecule has 3 amide bonds. The first-order valence-corrected chi connectivity index (χ1v) is 5.01. The normalized spacial score (nSPS) is 15.8. The Labute approximate surface area is 96.2 Å². The van der Waals surface area contributed by atoms with Crippen molar-refractivity contribution in [3.63, 3.8) is 0 Å². The van der Waals surface area contributed by atoms with Crippen molar-refractivity contribution in [1.29, 1.82) is 0 Å². The highest BCUT2D eigenvalue weighted by Crippen LogP contribution is 2.21. The SMILES string of the molecule is O=C(Cl)N1CCN(c2cccc(F)c2)C1=O. The van der Waals surface area contributed by atoms with Crippen molar-refractivity contribution >= 4 is 28.7 Å². The zero-order chi connectivity index (χ0) is 11.7. The molecule has 2 rings (SSSR count). The van der Waals surface area contributed by atoms with E-state index in [1.165, 1.54) is 23.1 Å². The second-order valence-electron chi connectivity index (χ2n) is 3.32. The van der Waals surface area contributed by atoms with Crippen LogP contribution in [0.5, 0.6) is 0 Å². The maximum Gasteiger partial charge on any atom is 0.332 e. The molecular weight excluding hydrogens is 235 g/mol. The highest BCUT2D eigenvalue weighted by molar-refractivity contribution is 6.64. The third-order valence-electron chi connectivity index (χ3n) is 2.34. The lowest BCUT2D eigenvalue weighted by Crippen LogP contribution is -2.33. The van der Waals surface area contributed by atoms with Crippen LogP contribution in [0.15, 0.2) is 24.3 Å². The molecule has 0 aromatic heterocycles. The molecule has 16 heavy (non-hydrogen) atoms. The number of nitrogens with zero attached hydrogens (tertiary/aromatic N) is 2. The van der Waals surface area contributed by atoms with Crippen LogP contribution in [0.1, 0.15) is 0 Å². The Balaban J connectivity index is 2.25. The molecule has 0 aliphatic carbocycles. The van der Waals surface area contributed by atoms with Gasteiger partial charge in [0.1, 0.15) is 5.82 Å². The number of hydrogen-bond acceptors (Lipinski definition) is 2. The highest BCUT2D eigenvalue weighted by atomic mass is 35.5. The van der Waals surface area contributed by atoms with E-state index in [-0.39, 0.29) is 6.54 Å². The molecule has 1 fully saturated rings. The first-order valence-electron chi connectivity index (χ1n) is 4.63. The van der Waals surface area contributed by atoms with Crippen LogP contribution in [0, 0.1) is 5.82 Å². The summed E-state index contributed by atoms with van der Waals surface area (Å²) in [5.41, 5.74) is 0.422. The zero-order valence-electron chi connectivity index (χ0n) is 8.19. The molecule has 0 saturated carbocycles. The molecule has 0 bridgehead atoms. The monoisotopic (exact) mass is 242 g/mol. The van der Waals surface area contributed by atoms with E-state index in [2.05, 4.69) is 0 Å². The van der Waals surface area contributed by atoms with Crippen molar-refractivity contribution < 1.29 is 14.0 Å². The van der Waals surface area contributed by atoms with Crippen LogP contribution in [-0.4, -0.2) is 29.4 Å². The van der Waals surface area contributed by atoms with Gasteiger partial charge >= 0.3 is 11.4 Å². The minimum absolute atomic E-state index is 0.220. The van der Waals surface area contributed by atoms with Gasteiger partial charge < -0.3 is 0 Å². The molecule has 0 radical (unpaired) electrons. The number of hydrogen-bond donors (Lipinski definition) is 0. The van der Waals surface area contributed by atoms with Crippen molar-refractivity contribution in [2.24, 2.45) is 0 Å². The van der Waals surface area contributed by atoms with E-state index < -0.39 is 17.2 Å². The first-order chi connectivity index (χ1) is 7.59. The third kappa shape index (κ3) is 1.86. The average molecular weight is 243 g/mol. The largest absolute Gasteiger partial charge is 0.332 e. The lowest BCUT2D eigenvalue weighted by Gasteiger charge is -2.15. The smallest absolute Gasteiger partial charge is 0.292 e. The number of benzene rings is 1. The van der Waals surface area contributed by atoms with Gasteiger partial charge in [-0.1, -0.05) is 6.07 Å². The van der Waals surface area contributed by atoms with E-state index in [9.17, 15) is 14.0 Å². The Morgan fingerprint density at radius 2 is 2.12 bits per heavy atom. The van der Waals surface area contributed by atoms with Crippen LogP contribution >= 0.6 is 11.6 Å². The summed E-state index contributed by atoms with van der Waals surface area (Å²) in [6.45, 7) is 0.540. The highest BCUT2D eigenvalue weighted by Gasteiger charge is 2.33. The van der Waals surface area contributed by atoms with Gasteiger partial charge in [-0.05, 0) is 29.8 Å². The molecule has 0 unspecified atom stereocenters. The van der Waals surface area contributed by atoms with Gasteiger partial charge in [-0.3, -0.25) is 9.69 Å². The van der Waals surface area contributed by atoms with Gasteiger partial charge in [-0.2, -0.15) is 0 Å². The van der Waals surface area contributed by atoms with Crippen molar-refractivity contribution in [2.45, 2.75) is 0 Å². The second-order valence-corrected chi connectivity index (χ2v) is 3.64. The van der Waals surface area contributed by atoms with E-state index in [1.807, 2.05) is 0 Å². The van der Waals surface area contributed by atoms with Gasteiger partial charge in [0.15, 0.2) is 0 Å². The molecule has 1 aromatic rings. The van der Waals surface area contributed by atoms with Crippen molar-refractivity contribution in [1.82, 2.24) is 4.90 Å². The maximum absolute atomic E-state index is 13.0. The Kier molecular flexibility index (Phi) is 2.78. The number of urea groups is 1. The summed E-state index contributed by atoms with van der Waals surface area (Å²) in [5, 5.41) is -0.816. The number of halogens is 2. The topological polar surface area (TPSA) is 40.6 Å². The lowest BCUT2D eigenvalue weighted by atomic mass is 10.3. The molecule has 1 heterocycles. The maximum atomic E-state index is 13.0. The lowest BCUT2D eigenvalue weighted by molar-refractivity contribution is 0.215. The fourth-order valence-electron chi connectivity index (χ4n) is 1.58. The van der Waals surface area contributed by atoms with Crippen molar-refractivity contribution in [2.75, 3.05) is 18.0 Å². The quantitative estimate of drug-likeness (QED) is 0.561. The summed E-state index contributed by atoms with van der Waals surface area (Å²) in [5.74, 6) is -0.430. The van der Waals surface area contributed by atoms with Crippen LogP contribution in [0.25, 0.3) is 0 Å². The summed E-state index contributed by atoms with van der Waals surface area (Å²) in [4.78, 5) is 24.8. The van der Waals surface area contributed by atoms with Gasteiger partial charge in [0.05, 0.1) is 0 Å². The Hall–Kier alpha value is -1.62. The van der Waals surface area contributed by atoms with Gasteiger partial charge in [0.2, 0.25) is 0 Å². The van der Waals surface area contributed by atoms with E-state index in [0.29, 0.717) is 12.2 Å². The Morgan fingerprint density at radius 3 is 2.69 bits per heavy atom. The van der Waals surface area contributed by atoms with E-state index in [4.69, 9.17) is 11.6 Å². The fraction of sp³-hybridized carbons (Fsp3) is 0.200. The van der Waals surface area contributed by atoms with Gasteiger partial charge in [0.25, 0.3) is 0 Å². The predicted molar refractivity (Wildman–Crippen MR) is 57.1 cm³/mol. The van der Waals surface area contributed by atoms with Crippen molar-refractivity contribution in [3.8, 4) is 0 Å². The Morgan fingerprint density at radius 1 is 1.38 bits per heavy atom. The predicted octanol–water partition coefficient (Wildman–Crippen LogP) is 2.43. The van der Waals surface area contributed by atoms with Gasteiger partial charge in [0, 0.05) is 18.8 Å².